The zero-order chi connectivity index (χ0) is 20.0. The molecule has 0 amide bonds. The van der Waals surface area contributed by atoms with Crippen LogP contribution in [-0.4, -0.2) is 22.2 Å². The molecule has 142 valence electrons. The van der Waals surface area contributed by atoms with E-state index >= 15 is 0 Å². The number of hydrogen-bond acceptors (Lipinski definition) is 4. The van der Waals surface area contributed by atoms with E-state index in [-0.39, 0.29) is 18.0 Å². The number of carboxylic acid groups (broad SMARTS) is 2. The second-order valence-electron chi connectivity index (χ2n) is 5.31. The van der Waals surface area contributed by atoms with Crippen molar-refractivity contribution in [3.05, 3.63) is 71.4 Å². The molecule has 0 saturated heterocycles. The van der Waals surface area contributed by atoms with Gasteiger partial charge < -0.3 is 20.3 Å². The van der Waals surface area contributed by atoms with Crippen LogP contribution in [-0.2, 0) is 22.4 Å². The van der Waals surface area contributed by atoms with Crippen molar-refractivity contribution in [1.29, 1.82) is 0 Å². The number of carboxylic acids is 2. The van der Waals surface area contributed by atoms with Gasteiger partial charge in [-0.1, -0.05) is 30.3 Å². The van der Waals surface area contributed by atoms with E-state index in [1.165, 1.54) is 0 Å². The Kier molecular flexibility index (Phi) is 6.07. The molecule has 0 aliphatic rings. The summed E-state index contributed by atoms with van der Waals surface area (Å²) in [6.07, 6.45) is -4.34. The highest BCUT2D eigenvalue weighted by molar-refractivity contribution is 5.97. The van der Waals surface area contributed by atoms with Crippen LogP contribution in [0.4, 0.5) is 18.9 Å². The first-order valence-corrected chi connectivity index (χ1v) is 7.49. The van der Waals surface area contributed by atoms with Gasteiger partial charge in [-0.2, -0.15) is 13.2 Å². The van der Waals surface area contributed by atoms with Crippen molar-refractivity contribution < 1.29 is 37.7 Å². The van der Waals surface area contributed by atoms with Gasteiger partial charge in [0.2, 0.25) is 0 Å². The van der Waals surface area contributed by atoms with Crippen molar-refractivity contribution in [3.63, 3.8) is 0 Å². The summed E-state index contributed by atoms with van der Waals surface area (Å²) in [6, 6.07) is 11.2. The number of halogens is 3. The van der Waals surface area contributed by atoms with Gasteiger partial charge in [0, 0.05) is 0 Å². The number of carbonyl (C=O) groups is 2. The molecule has 6 nitrogen and oxygen atoms in total. The minimum absolute atomic E-state index is 0.0198. The first-order valence-electron chi connectivity index (χ1n) is 7.49. The van der Waals surface area contributed by atoms with E-state index < -0.39 is 29.4 Å². The predicted octanol–water partition coefficient (Wildman–Crippen LogP) is 3.75. The molecule has 0 aromatic heterocycles. The fourth-order valence-electron chi connectivity index (χ4n) is 2.09. The quantitative estimate of drug-likeness (QED) is 0.632. The molecule has 0 spiro atoms. The molecule has 2 aromatic carbocycles. The van der Waals surface area contributed by atoms with Crippen LogP contribution in [0.2, 0.25) is 0 Å². The smallest absolute Gasteiger partial charge is 0.416 e. The number of aliphatic carboxylic acids is 2. The maximum atomic E-state index is 13.0. The van der Waals surface area contributed by atoms with Crippen LogP contribution in [0.3, 0.4) is 0 Å². The molecule has 27 heavy (non-hydrogen) atoms. The van der Waals surface area contributed by atoms with Crippen LogP contribution in [0.1, 0.15) is 11.1 Å². The standard InChI is InChI=1S/C18H14F3NO5/c19-18(20,21)12-6-7-15(27-10-11-4-2-1-3-5-11)13(8-12)22-14(17(25)26)9-16(23)24/h1-9,22H,10H2,(H,23,24)(H,25,26). The van der Waals surface area contributed by atoms with E-state index in [0.717, 1.165) is 17.7 Å². The molecular weight excluding hydrogens is 367 g/mol. The van der Waals surface area contributed by atoms with Crippen LogP contribution >= 0.6 is 0 Å². The summed E-state index contributed by atoms with van der Waals surface area (Å²) in [6.45, 7) is 0.0198. The molecule has 2 aromatic rings. The zero-order valence-electron chi connectivity index (χ0n) is 13.7. The number of anilines is 1. The summed E-state index contributed by atoms with van der Waals surface area (Å²) in [4.78, 5) is 21.9. The number of alkyl halides is 3. The molecule has 0 atom stereocenters. The van der Waals surface area contributed by atoms with Crippen molar-refractivity contribution >= 4 is 17.6 Å². The number of benzene rings is 2. The van der Waals surface area contributed by atoms with E-state index in [4.69, 9.17) is 14.9 Å². The van der Waals surface area contributed by atoms with E-state index in [2.05, 4.69) is 5.32 Å². The van der Waals surface area contributed by atoms with Crippen LogP contribution in [0, 0.1) is 0 Å². The number of ether oxygens (including phenoxy) is 1. The molecule has 9 heteroatoms. The SMILES string of the molecule is O=C(O)C=C(Nc1cc(C(F)(F)F)ccc1OCc1ccccc1)C(=O)O. The second-order valence-corrected chi connectivity index (χ2v) is 5.31. The van der Waals surface area contributed by atoms with Crippen molar-refractivity contribution in [1.82, 2.24) is 0 Å². The van der Waals surface area contributed by atoms with Gasteiger partial charge in [0.05, 0.1) is 17.3 Å². The summed E-state index contributed by atoms with van der Waals surface area (Å²) in [5.74, 6) is -3.29. The summed E-state index contributed by atoms with van der Waals surface area (Å²) in [5.41, 5.74) is -1.44. The van der Waals surface area contributed by atoms with Gasteiger partial charge in [-0.3, -0.25) is 0 Å². The van der Waals surface area contributed by atoms with Gasteiger partial charge in [-0.05, 0) is 23.8 Å². The van der Waals surface area contributed by atoms with Crippen LogP contribution < -0.4 is 10.1 Å². The maximum Gasteiger partial charge on any atom is 0.416 e. The normalized spacial score (nSPS) is 11.7. The Labute approximate surface area is 151 Å². The Bertz CT molecular complexity index is 863. The van der Waals surface area contributed by atoms with Crippen LogP contribution in [0.25, 0.3) is 0 Å². The van der Waals surface area contributed by atoms with E-state index in [9.17, 15) is 22.8 Å². The zero-order valence-corrected chi connectivity index (χ0v) is 13.7. The summed E-state index contributed by atoms with van der Waals surface area (Å²) >= 11 is 0. The van der Waals surface area contributed by atoms with Gasteiger partial charge in [0.1, 0.15) is 18.1 Å². The fraction of sp³-hybridized carbons (Fsp3) is 0.111. The molecule has 0 unspecified atom stereocenters. The van der Waals surface area contributed by atoms with Gasteiger partial charge in [-0.15, -0.1) is 0 Å². The molecule has 0 bridgehead atoms. The number of nitrogens with one attached hydrogen (secondary N) is 1. The van der Waals surface area contributed by atoms with Crippen LogP contribution in [0.15, 0.2) is 60.3 Å². The van der Waals surface area contributed by atoms with Gasteiger partial charge in [0.15, 0.2) is 0 Å². The Morgan fingerprint density at radius 1 is 1.07 bits per heavy atom. The van der Waals surface area contributed by atoms with Crippen molar-refractivity contribution in [2.45, 2.75) is 12.8 Å². The summed E-state index contributed by atoms with van der Waals surface area (Å²) in [5, 5.41) is 20.0. The molecule has 3 N–H and O–H groups in total. The molecule has 0 radical (unpaired) electrons. The van der Waals surface area contributed by atoms with Crippen molar-refractivity contribution in [3.8, 4) is 5.75 Å². The van der Waals surface area contributed by atoms with E-state index in [1.807, 2.05) is 0 Å². The summed E-state index contributed by atoms with van der Waals surface area (Å²) < 4.78 is 44.4. The molecule has 0 aliphatic heterocycles. The number of hydrogen-bond donors (Lipinski definition) is 3. The lowest BCUT2D eigenvalue weighted by atomic mass is 10.1. The second kappa shape index (κ2) is 8.26. The molecule has 0 aliphatic carbocycles. The van der Waals surface area contributed by atoms with Gasteiger partial charge in [-0.25, -0.2) is 9.59 Å². The Balaban J connectivity index is 2.37. The summed E-state index contributed by atoms with van der Waals surface area (Å²) in [7, 11) is 0. The van der Waals surface area contributed by atoms with E-state index in [0.29, 0.717) is 12.1 Å². The largest absolute Gasteiger partial charge is 0.487 e. The Hall–Kier alpha value is -3.49. The lowest BCUT2D eigenvalue weighted by Crippen LogP contribution is -2.14. The van der Waals surface area contributed by atoms with Crippen LogP contribution in [0.5, 0.6) is 5.75 Å². The highest BCUT2D eigenvalue weighted by Crippen LogP contribution is 2.36. The molecule has 0 fully saturated rings. The average molecular weight is 381 g/mol. The average Bonchev–Trinajstić information content (AvgIpc) is 2.59. The first kappa shape index (κ1) is 19.8. The lowest BCUT2D eigenvalue weighted by Gasteiger charge is -2.16. The van der Waals surface area contributed by atoms with E-state index in [1.54, 1.807) is 30.3 Å². The number of rotatable bonds is 7. The minimum atomic E-state index is -4.67. The van der Waals surface area contributed by atoms with Crippen molar-refractivity contribution in [2.24, 2.45) is 0 Å². The minimum Gasteiger partial charge on any atom is -0.487 e. The Morgan fingerprint density at radius 3 is 2.30 bits per heavy atom. The highest BCUT2D eigenvalue weighted by Gasteiger charge is 2.31. The maximum absolute atomic E-state index is 13.0. The third-order valence-corrected chi connectivity index (χ3v) is 3.31. The lowest BCUT2D eigenvalue weighted by molar-refractivity contribution is -0.137. The van der Waals surface area contributed by atoms with Gasteiger partial charge >= 0.3 is 18.1 Å². The molecule has 2 rings (SSSR count). The third kappa shape index (κ3) is 5.77. The fourth-order valence-corrected chi connectivity index (χ4v) is 2.09. The molecule has 0 saturated carbocycles. The molecule has 0 heterocycles. The van der Waals surface area contributed by atoms with Gasteiger partial charge in [0.25, 0.3) is 0 Å². The first-order chi connectivity index (χ1) is 12.7. The molecular formula is C18H14F3NO5. The monoisotopic (exact) mass is 381 g/mol. The predicted molar refractivity (Wildman–Crippen MR) is 89.2 cm³/mol. The highest BCUT2D eigenvalue weighted by atomic mass is 19.4. The third-order valence-electron chi connectivity index (χ3n) is 3.31. The topological polar surface area (TPSA) is 95.9 Å². The Morgan fingerprint density at radius 2 is 1.74 bits per heavy atom. The van der Waals surface area contributed by atoms with Crippen molar-refractivity contribution in [2.75, 3.05) is 5.32 Å².